The van der Waals surface area contributed by atoms with E-state index in [1.807, 2.05) is 6.07 Å². The van der Waals surface area contributed by atoms with Gasteiger partial charge in [0.1, 0.15) is 0 Å². The second kappa shape index (κ2) is 7.65. The van der Waals surface area contributed by atoms with E-state index in [1.54, 1.807) is 43.3 Å². The lowest BCUT2D eigenvalue weighted by Gasteiger charge is -2.10. The number of hydrogen-bond acceptors (Lipinski definition) is 5. The molecule has 0 aliphatic rings. The van der Waals surface area contributed by atoms with Gasteiger partial charge in [-0.05, 0) is 31.2 Å². The molecule has 3 aromatic rings. The lowest BCUT2D eigenvalue weighted by molar-refractivity contribution is -0.119. The fraction of sp³-hybridized carbons (Fsp3) is 0.100. The van der Waals surface area contributed by atoms with Crippen molar-refractivity contribution in [2.75, 3.05) is 11.9 Å². The standard InChI is InChI=1S/C20H16N2O5/c1-12-10-15(13-6-2-4-8-16(13)21-12)20(26)27-11-18(23)22-17-9-5-3-7-14(17)19(24)25/h2-10H,11H2,1H3,(H,22,23)(H,24,25). The average Bonchev–Trinajstić information content (AvgIpc) is 2.65. The Morgan fingerprint density at radius 1 is 1.04 bits per heavy atom. The van der Waals surface area contributed by atoms with Crippen LogP contribution in [0.4, 0.5) is 5.69 Å². The first-order valence-corrected chi connectivity index (χ1v) is 8.11. The van der Waals surface area contributed by atoms with Crippen molar-refractivity contribution in [2.45, 2.75) is 6.92 Å². The van der Waals surface area contributed by atoms with E-state index in [-0.39, 0.29) is 11.3 Å². The Labute approximate surface area is 154 Å². The zero-order chi connectivity index (χ0) is 19.4. The molecule has 1 amide bonds. The van der Waals surface area contributed by atoms with Gasteiger partial charge in [0.25, 0.3) is 5.91 Å². The summed E-state index contributed by atoms with van der Waals surface area (Å²) in [7, 11) is 0. The summed E-state index contributed by atoms with van der Waals surface area (Å²) in [5.41, 5.74) is 1.71. The molecule has 0 aliphatic carbocycles. The van der Waals surface area contributed by atoms with Crippen LogP contribution in [0.15, 0.2) is 54.6 Å². The molecule has 0 saturated carbocycles. The molecule has 0 fully saturated rings. The van der Waals surface area contributed by atoms with Gasteiger partial charge in [0.05, 0.1) is 22.3 Å². The number of carbonyl (C=O) groups is 3. The fourth-order valence-corrected chi connectivity index (χ4v) is 2.65. The molecule has 1 aromatic heterocycles. The Balaban J connectivity index is 1.72. The number of nitrogens with zero attached hydrogens (tertiary/aromatic N) is 1. The number of para-hydroxylation sites is 2. The number of anilines is 1. The van der Waals surface area contributed by atoms with Crippen LogP contribution in [0.5, 0.6) is 0 Å². The highest BCUT2D eigenvalue weighted by Gasteiger charge is 2.16. The van der Waals surface area contributed by atoms with Crippen LogP contribution in [-0.4, -0.2) is 34.5 Å². The Kier molecular flexibility index (Phi) is 5.12. The van der Waals surface area contributed by atoms with E-state index in [0.717, 1.165) is 0 Å². The molecular weight excluding hydrogens is 348 g/mol. The number of carbonyl (C=O) groups excluding carboxylic acids is 2. The molecule has 0 unspecified atom stereocenters. The number of carboxylic acid groups (broad SMARTS) is 1. The molecule has 7 nitrogen and oxygen atoms in total. The van der Waals surface area contributed by atoms with Gasteiger partial charge >= 0.3 is 11.9 Å². The van der Waals surface area contributed by atoms with Crippen LogP contribution in [0.2, 0.25) is 0 Å². The Hall–Kier alpha value is -3.74. The van der Waals surface area contributed by atoms with E-state index in [2.05, 4.69) is 10.3 Å². The maximum atomic E-state index is 12.4. The largest absolute Gasteiger partial charge is 0.478 e. The van der Waals surface area contributed by atoms with Crippen LogP contribution in [-0.2, 0) is 9.53 Å². The maximum absolute atomic E-state index is 12.4. The minimum Gasteiger partial charge on any atom is -0.478 e. The van der Waals surface area contributed by atoms with Gasteiger partial charge in [0, 0.05) is 11.1 Å². The normalized spacial score (nSPS) is 10.4. The first kappa shape index (κ1) is 18.1. The molecule has 7 heteroatoms. The minimum atomic E-state index is -1.17. The molecule has 136 valence electrons. The highest BCUT2D eigenvalue weighted by Crippen LogP contribution is 2.19. The van der Waals surface area contributed by atoms with E-state index in [0.29, 0.717) is 22.2 Å². The number of hydrogen-bond donors (Lipinski definition) is 2. The number of rotatable bonds is 5. The van der Waals surface area contributed by atoms with E-state index in [9.17, 15) is 14.4 Å². The number of benzene rings is 2. The summed E-state index contributed by atoms with van der Waals surface area (Å²) >= 11 is 0. The van der Waals surface area contributed by atoms with Crippen molar-refractivity contribution in [3.63, 3.8) is 0 Å². The highest BCUT2D eigenvalue weighted by molar-refractivity contribution is 6.05. The maximum Gasteiger partial charge on any atom is 0.339 e. The quantitative estimate of drug-likeness (QED) is 0.674. The van der Waals surface area contributed by atoms with Crippen molar-refractivity contribution in [3.05, 3.63) is 71.4 Å². The number of carboxylic acids is 1. The lowest BCUT2D eigenvalue weighted by atomic mass is 10.1. The molecule has 2 N–H and O–H groups in total. The van der Waals surface area contributed by atoms with Gasteiger partial charge < -0.3 is 15.2 Å². The van der Waals surface area contributed by atoms with Gasteiger partial charge in [-0.25, -0.2) is 9.59 Å². The number of amides is 1. The van der Waals surface area contributed by atoms with Crippen LogP contribution < -0.4 is 5.32 Å². The van der Waals surface area contributed by atoms with Crippen molar-refractivity contribution in [2.24, 2.45) is 0 Å². The zero-order valence-electron chi connectivity index (χ0n) is 14.4. The number of aromatic nitrogens is 1. The molecule has 0 atom stereocenters. The Morgan fingerprint density at radius 2 is 1.74 bits per heavy atom. The van der Waals surface area contributed by atoms with Gasteiger partial charge in [0.15, 0.2) is 6.61 Å². The molecule has 27 heavy (non-hydrogen) atoms. The van der Waals surface area contributed by atoms with Crippen LogP contribution in [0.25, 0.3) is 10.9 Å². The highest BCUT2D eigenvalue weighted by atomic mass is 16.5. The third-order valence-electron chi connectivity index (χ3n) is 3.83. The van der Waals surface area contributed by atoms with Crippen molar-refractivity contribution in [3.8, 4) is 0 Å². The van der Waals surface area contributed by atoms with Gasteiger partial charge in [-0.2, -0.15) is 0 Å². The zero-order valence-corrected chi connectivity index (χ0v) is 14.4. The average molecular weight is 364 g/mol. The first-order valence-electron chi connectivity index (χ1n) is 8.11. The molecule has 2 aromatic carbocycles. The number of ether oxygens (including phenoxy) is 1. The van der Waals surface area contributed by atoms with Gasteiger partial charge in [0.2, 0.25) is 0 Å². The number of pyridine rings is 1. The van der Waals surface area contributed by atoms with Gasteiger partial charge in [-0.1, -0.05) is 30.3 Å². The molecule has 0 saturated heterocycles. The molecule has 3 rings (SSSR count). The third-order valence-corrected chi connectivity index (χ3v) is 3.83. The van der Waals surface area contributed by atoms with E-state index in [4.69, 9.17) is 9.84 Å². The van der Waals surface area contributed by atoms with Crippen LogP contribution in [0, 0.1) is 6.92 Å². The van der Waals surface area contributed by atoms with Crippen molar-refractivity contribution in [1.29, 1.82) is 0 Å². The summed E-state index contributed by atoms with van der Waals surface area (Å²) in [5, 5.41) is 12.2. The molecule has 0 aliphatic heterocycles. The predicted octanol–water partition coefficient (Wildman–Crippen LogP) is 3.04. The smallest absolute Gasteiger partial charge is 0.339 e. The summed E-state index contributed by atoms with van der Waals surface area (Å²) < 4.78 is 5.10. The summed E-state index contributed by atoms with van der Waals surface area (Å²) in [6, 6.07) is 14.7. The number of aromatic carboxylic acids is 1. The minimum absolute atomic E-state index is 0.0482. The second-order valence-corrected chi connectivity index (χ2v) is 5.80. The lowest BCUT2D eigenvalue weighted by Crippen LogP contribution is -2.22. The van der Waals surface area contributed by atoms with Crippen molar-refractivity contribution < 1.29 is 24.2 Å². The summed E-state index contributed by atoms with van der Waals surface area (Å²) in [6.07, 6.45) is 0. The first-order chi connectivity index (χ1) is 13.0. The molecule has 0 bridgehead atoms. The summed E-state index contributed by atoms with van der Waals surface area (Å²) in [6.45, 7) is 1.22. The Morgan fingerprint density at radius 3 is 2.52 bits per heavy atom. The van der Waals surface area contributed by atoms with Crippen LogP contribution in [0.3, 0.4) is 0 Å². The van der Waals surface area contributed by atoms with Crippen molar-refractivity contribution >= 4 is 34.4 Å². The molecule has 0 radical (unpaired) electrons. The molecular formula is C20H16N2O5. The molecule has 1 heterocycles. The van der Waals surface area contributed by atoms with E-state index in [1.165, 1.54) is 12.1 Å². The van der Waals surface area contributed by atoms with E-state index < -0.39 is 24.5 Å². The SMILES string of the molecule is Cc1cc(C(=O)OCC(=O)Nc2ccccc2C(=O)O)c2ccccc2n1. The number of aryl methyl sites for hydroxylation is 1. The Bertz CT molecular complexity index is 1050. The number of esters is 1. The molecule has 0 spiro atoms. The summed E-state index contributed by atoms with van der Waals surface area (Å²) in [5.74, 6) is -2.45. The second-order valence-electron chi connectivity index (χ2n) is 5.80. The number of nitrogens with one attached hydrogen (secondary N) is 1. The van der Waals surface area contributed by atoms with Crippen molar-refractivity contribution in [1.82, 2.24) is 4.98 Å². The van der Waals surface area contributed by atoms with Gasteiger partial charge in [-0.15, -0.1) is 0 Å². The predicted molar refractivity (Wildman–Crippen MR) is 98.8 cm³/mol. The fourth-order valence-electron chi connectivity index (χ4n) is 2.65. The van der Waals surface area contributed by atoms with Gasteiger partial charge in [-0.3, -0.25) is 9.78 Å². The van der Waals surface area contributed by atoms with Crippen LogP contribution >= 0.6 is 0 Å². The number of fused-ring (bicyclic) bond motifs is 1. The van der Waals surface area contributed by atoms with E-state index >= 15 is 0 Å². The third kappa shape index (κ3) is 4.09. The topological polar surface area (TPSA) is 106 Å². The van der Waals surface area contributed by atoms with Crippen LogP contribution in [0.1, 0.15) is 26.4 Å². The monoisotopic (exact) mass is 364 g/mol. The summed E-state index contributed by atoms with van der Waals surface area (Å²) in [4.78, 5) is 40.0.